The van der Waals surface area contributed by atoms with Gasteiger partial charge in [0.25, 0.3) is 0 Å². The van der Waals surface area contributed by atoms with E-state index in [4.69, 9.17) is 5.11 Å². The van der Waals surface area contributed by atoms with Crippen molar-refractivity contribution in [2.45, 2.75) is 39.5 Å². The van der Waals surface area contributed by atoms with Gasteiger partial charge in [0.1, 0.15) is 0 Å². The Morgan fingerprint density at radius 1 is 1.35 bits per heavy atom. The normalized spacial score (nSPS) is 18.9. The van der Waals surface area contributed by atoms with Crippen molar-refractivity contribution in [1.82, 2.24) is 10.6 Å². The van der Waals surface area contributed by atoms with Crippen LogP contribution in [-0.4, -0.2) is 30.2 Å². The molecule has 2 amide bonds. The van der Waals surface area contributed by atoms with E-state index in [1.165, 1.54) is 19.3 Å². The first kappa shape index (κ1) is 13.8. The summed E-state index contributed by atoms with van der Waals surface area (Å²) in [4.78, 5) is 22.5. The molecule has 0 aliphatic heterocycles. The molecule has 1 aliphatic rings. The number of amides is 2. The lowest BCUT2D eigenvalue weighted by Crippen LogP contribution is -2.46. The predicted octanol–water partition coefficient (Wildman–Crippen LogP) is 1.59. The minimum atomic E-state index is -0.881. The first-order valence-corrected chi connectivity index (χ1v) is 6.23. The Morgan fingerprint density at radius 2 is 2.00 bits per heavy atom. The van der Waals surface area contributed by atoms with Crippen molar-refractivity contribution in [3.63, 3.8) is 0 Å². The Morgan fingerprint density at radius 3 is 2.41 bits per heavy atom. The van der Waals surface area contributed by atoms with Gasteiger partial charge < -0.3 is 15.7 Å². The van der Waals surface area contributed by atoms with Crippen molar-refractivity contribution in [3.05, 3.63) is 0 Å². The van der Waals surface area contributed by atoms with Crippen LogP contribution in [0.2, 0.25) is 0 Å². The second kappa shape index (κ2) is 5.89. The summed E-state index contributed by atoms with van der Waals surface area (Å²) < 4.78 is 0. The van der Waals surface area contributed by atoms with Crippen LogP contribution < -0.4 is 10.6 Å². The lowest BCUT2D eigenvalue weighted by atomic mass is 9.85. The molecule has 0 aromatic carbocycles. The zero-order valence-corrected chi connectivity index (χ0v) is 10.6. The van der Waals surface area contributed by atoms with E-state index in [1.807, 2.05) is 6.92 Å². The molecule has 98 valence electrons. The summed E-state index contributed by atoms with van der Waals surface area (Å²) in [6.45, 7) is 4.31. The topological polar surface area (TPSA) is 78.4 Å². The van der Waals surface area contributed by atoms with Gasteiger partial charge in [0.15, 0.2) is 0 Å². The largest absolute Gasteiger partial charge is 0.481 e. The minimum Gasteiger partial charge on any atom is -0.481 e. The lowest BCUT2D eigenvalue weighted by molar-refractivity contribution is -0.147. The zero-order chi connectivity index (χ0) is 12.9. The van der Waals surface area contributed by atoms with Gasteiger partial charge in [0, 0.05) is 13.1 Å². The third-order valence-electron chi connectivity index (χ3n) is 3.71. The molecule has 1 fully saturated rings. The minimum absolute atomic E-state index is 0.162. The van der Waals surface area contributed by atoms with E-state index in [0.29, 0.717) is 18.9 Å². The van der Waals surface area contributed by atoms with Crippen LogP contribution in [0.25, 0.3) is 0 Å². The molecule has 0 aromatic heterocycles. The molecule has 0 radical (unpaired) electrons. The van der Waals surface area contributed by atoms with Crippen molar-refractivity contribution in [2.24, 2.45) is 11.3 Å². The highest BCUT2D eigenvalue weighted by atomic mass is 16.4. The second-order valence-electron chi connectivity index (χ2n) is 5.08. The van der Waals surface area contributed by atoms with Crippen molar-refractivity contribution in [1.29, 1.82) is 0 Å². The maximum atomic E-state index is 11.5. The third-order valence-corrected chi connectivity index (χ3v) is 3.71. The fourth-order valence-corrected chi connectivity index (χ4v) is 1.62. The molecule has 3 N–H and O–H groups in total. The number of rotatable bonds is 6. The van der Waals surface area contributed by atoms with Crippen LogP contribution in [0.15, 0.2) is 0 Å². The smallest absolute Gasteiger partial charge is 0.314 e. The maximum Gasteiger partial charge on any atom is 0.314 e. The van der Waals surface area contributed by atoms with Gasteiger partial charge in [-0.15, -0.1) is 0 Å². The number of carboxylic acid groups (broad SMARTS) is 1. The van der Waals surface area contributed by atoms with Gasteiger partial charge in [0.05, 0.1) is 5.41 Å². The van der Waals surface area contributed by atoms with E-state index >= 15 is 0 Å². The number of urea groups is 1. The van der Waals surface area contributed by atoms with Crippen molar-refractivity contribution in [3.8, 4) is 0 Å². The van der Waals surface area contributed by atoms with Crippen molar-refractivity contribution < 1.29 is 14.7 Å². The van der Waals surface area contributed by atoms with Gasteiger partial charge in [-0.05, 0) is 32.1 Å². The molecule has 0 aromatic rings. The highest BCUT2D eigenvalue weighted by molar-refractivity contribution is 5.77. The van der Waals surface area contributed by atoms with E-state index in [9.17, 15) is 9.59 Å². The van der Waals surface area contributed by atoms with Gasteiger partial charge >= 0.3 is 12.0 Å². The Balaban J connectivity index is 2.23. The van der Waals surface area contributed by atoms with Crippen LogP contribution in [0.4, 0.5) is 4.79 Å². The number of carboxylic acids is 1. The summed E-state index contributed by atoms with van der Waals surface area (Å²) in [7, 11) is 0. The third kappa shape index (κ3) is 3.91. The first-order valence-electron chi connectivity index (χ1n) is 6.23. The van der Waals surface area contributed by atoms with Crippen LogP contribution in [0.1, 0.15) is 39.5 Å². The second-order valence-corrected chi connectivity index (χ2v) is 5.08. The van der Waals surface area contributed by atoms with Crippen LogP contribution in [-0.2, 0) is 4.79 Å². The van der Waals surface area contributed by atoms with Crippen molar-refractivity contribution >= 4 is 12.0 Å². The highest BCUT2D eigenvalue weighted by Crippen LogP contribution is 2.25. The molecule has 0 saturated heterocycles. The van der Waals surface area contributed by atoms with E-state index in [-0.39, 0.29) is 12.6 Å². The molecule has 1 saturated carbocycles. The SMILES string of the molecule is CCC(C)(CNC(=O)NCC1CCC1)C(=O)O. The number of hydrogen-bond acceptors (Lipinski definition) is 2. The Bertz CT molecular complexity index is 289. The summed E-state index contributed by atoms with van der Waals surface area (Å²) in [5, 5.41) is 14.4. The quantitative estimate of drug-likeness (QED) is 0.661. The van der Waals surface area contributed by atoms with Crippen molar-refractivity contribution in [2.75, 3.05) is 13.1 Å². The fraction of sp³-hybridized carbons (Fsp3) is 0.833. The van der Waals surface area contributed by atoms with Crippen LogP contribution in [0.5, 0.6) is 0 Å². The van der Waals surface area contributed by atoms with Crippen LogP contribution in [0, 0.1) is 11.3 Å². The van der Waals surface area contributed by atoms with Gasteiger partial charge in [-0.1, -0.05) is 13.3 Å². The monoisotopic (exact) mass is 242 g/mol. The number of carbonyl (C=O) groups is 2. The summed E-state index contributed by atoms with van der Waals surface area (Å²) in [6.07, 6.45) is 4.11. The average molecular weight is 242 g/mol. The number of hydrogen-bond donors (Lipinski definition) is 3. The standard InChI is InChI=1S/C12H22N2O3/c1-3-12(2,10(15)16)8-14-11(17)13-7-9-5-4-6-9/h9H,3-8H2,1-2H3,(H,15,16)(H2,13,14,17). The molecular weight excluding hydrogens is 220 g/mol. The number of nitrogens with one attached hydrogen (secondary N) is 2. The highest BCUT2D eigenvalue weighted by Gasteiger charge is 2.31. The van der Waals surface area contributed by atoms with E-state index in [2.05, 4.69) is 10.6 Å². The van der Waals surface area contributed by atoms with E-state index in [1.54, 1.807) is 6.92 Å². The van der Waals surface area contributed by atoms with Gasteiger partial charge in [-0.2, -0.15) is 0 Å². The molecule has 0 spiro atoms. The first-order chi connectivity index (χ1) is 7.98. The average Bonchev–Trinajstić information content (AvgIpc) is 2.23. The van der Waals surface area contributed by atoms with Gasteiger partial charge in [-0.3, -0.25) is 4.79 Å². The molecular formula is C12H22N2O3. The molecule has 1 rings (SSSR count). The summed E-state index contributed by atoms with van der Waals surface area (Å²) in [5.74, 6) is -0.267. The maximum absolute atomic E-state index is 11.5. The Hall–Kier alpha value is -1.26. The summed E-state index contributed by atoms with van der Waals surface area (Å²) in [6, 6.07) is -0.266. The van der Waals surface area contributed by atoms with Gasteiger partial charge in [-0.25, -0.2) is 4.79 Å². The molecule has 1 atom stereocenters. The summed E-state index contributed by atoms with van der Waals surface area (Å²) >= 11 is 0. The molecule has 5 nitrogen and oxygen atoms in total. The molecule has 0 bridgehead atoms. The number of carbonyl (C=O) groups excluding carboxylic acids is 1. The molecule has 17 heavy (non-hydrogen) atoms. The zero-order valence-electron chi connectivity index (χ0n) is 10.6. The number of aliphatic carboxylic acids is 1. The Labute approximate surface area is 102 Å². The van der Waals surface area contributed by atoms with E-state index < -0.39 is 11.4 Å². The van der Waals surface area contributed by atoms with Crippen LogP contribution in [0.3, 0.4) is 0 Å². The van der Waals surface area contributed by atoms with E-state index in [0.717, 1.165) is 0 Å². The summed E-state index contributed by atoms with van der Waals surface area (Å²) in [5.41, 5.74) is -0.881. The lowest BCUT2D eigenvalue weighted by Gasteiger charge is -2.26. The Kier molecular flexibility index (Phi) is 4.78. The molecule has 1 aliphatic carbocycles. The fourth-order valence-electron chi connectivity index (χ4n) is 1.62. The van der Waals surface area contributed by atoms with Gasteiger partial charge in [0.2, 0.25) is 0 Å². The molecule has 0 heterocycles. The molecule has 5 heteroatoms. The predicted molar refractivity (Wildman–Crippen MR) is 64.8 cm³/mol. The molecule has 1 unspecified atom stereocenters. The van der Waals surface area contributed by atoms with Crippen LogP contribution >= 0.6 is 0 Å².